The van der Waals surface area contributed by atoms with E-state index in [4.69, 9.17) is 12.2 Å². The molecular weight excluding hydrogens is 334 g/mol. The molecule has 1 aliphatic heterocycles. The molecule has 1 aromatic rings. The van der Waals surface area contributed by atoms with Crippen LogP contribution in [0.5, 0.6) is 0 Å². The summed E-state index contributed by atoms with van der Waals surface area (Å²) in [4.78, 5) is 26.6. The van der Waals surface area contributed by atoms with Gasteiger partial charge in [0.05, 0.1) is 11.3 Å². The molecule has 1 heterocycles. The van der Waals surface area contributed by atoms with Crippen molar-refractivity contribution in [2.24, 2.45) is 11.8 Å². The molecule has 0 radical (unpaired) electrons. The van der Waals surface area contributed by atoms with Crippen LogP contribution in [-0.4, -0.2) is 34.9 Å². The number of hydrogen-bond donors (Lipinski definition) is 2. The van der Waals surface area contributed by atoms with E-state index in [1.54, 1.807) is 12.1 Å². The van der Waals surface area contributed by atoms with Gasteiger partial charge in [-0.15, -0.1) is 0 Å². The highest BCUT2D eigenvalue weighted by Crippen LogP contribution is 2.22. The predicted octanol–water partition coefficient (Wildman–Crippen LogP) is 3.42. The standard InChI is InChI=1S/C19H27N3O2S/c1-13(2)12-17(23)21-19(25)20-16-7-5-4-6-15(16)18(24)22-10-8-14(3)9-11-22/h4-7,13-14H,8-12H2,1-3H3,(H2,20,21,23,25). The average Bonchev–Trinajstić information content (AvgIpc) is 2.54. The van der Waals surface area contributed by atoms with Crippen LogP contribution in [0.1, 0.15) is 50.4 Å². The van der Waals surface area contributed by atoms with E-state index in [2.05, 4.69) is 17.6 Å². The van der Waals surface area contributed by atoms with Crippen LogP contribution in [0.25, 0.3) is 0 Å². The summed E-state index contributed by atoms with van der Waals surface area (Å²) in [5, 5.41) is 5.88. The number of carbonyl (C=O) groups excluding carboxylic acids is 2. The van der Waals surface area contributed by atoms with Gasteiger partial charge in [0.25, 0.3) is 5.91 Å². The van der Waals surface area contributed by atoms with Gasteiger partial charge in [-0.25, -0.2) is 0 Å². The summed E-state index contributed by atoms with van der Waals surface area (Å²) in [6.07, 6.45) is 2.48. The number of para-hydroxylation sites is 1. The molecule has 2 rings (SSSR count). The number of piperidine rings is 1. The van der Waals surface area contributed by atoms with Crippen LogP contribution >= 0.6 is 12.2 Å². The molecular formula is C19H27N3O2S. The van der Waals surface area contributed by atoms with Crippen molar-refractivity contribution in [3.05, 3.63) is 29.8 Å². The van der Waals surface area contributed by atoms with Crippen molar-refractivity contribution >= 4 is 34.8 Å². The van der Waals surface area contributed by atoms with Crippen molar-refractivity contribution in [3.8, 4) is 0 Å². The molecule has 0 aliphatic carbocycles. The molecule has 1 fully saturated rings. The summed E-state index contributed by atoms with van der Waals surface area (Å²) in [6, 6.07) is 7.28. The Morgan fingerprint density at radius 3 is 2.52 bits per heavy atom. The van der Waals surface area contributed by atoms with E-state index in [-0.39, 0.29) is 22.8 Å². The number of rotatable bonds is 4. The molecule has 0 atom stereocenters. The van der Waals surface area contributed by atoms with E-state index in [1.165, 1.54) is 0 Å². The Morgan fingerprint density at radius 1 is 1.24 bits per heavy atom. The minimum absolute atomic E-state index is 0.00584. The largest absolute Gasteiger partial charge is 0.339 e. The number of likely N-dealkylation sites (tertiary alicyclic amines) is 1. The van der Waals surface area contributed by atoms with Gasteiger partial charge in [0.15, 0.2) is 5.11 Å². The Labute approximate surface area is 155 Å². The van der Waals surface area contributed by atoms with Gasteiger partial charge in [-0.05, 0) is 49.0 Å². The number of thiocarbonyl (C=S) groups is 1. The number of benzene rings is 1. The summed E-state index contributed by atoms with van der Waals surface area (Å²) in [5.41, 5.74) is 1.21. The van der Waals surface area contributed by atoms with Crippen LogP contribution in [0.2, 0.25) is 0 Å². The van der Waals surface area contributed by atoms with Crippen molar-refractivity contribution in [2.45, 2.75) is 40.0 Å². The second-order valence-electron chi connectivity index (χ2n) is 7.12. The fourth-order valence-electron chi connectivity index (χ4n) is 2.86. The van der Waals surface area contributed by atoms with Gasteiger partial charge >= 0.3 is 0 Å². The zero-order chi connectivity index (χ0) is 18.4. The molecule has 1 aliphatic rings. The van der Waals surface area contributed by atoms with Crippen LogP contribution < -0.4 is 10.6 Å². The summed E-state index contributed by atoms with van der Waals surface area (Å²) in [7, 11) is 0. The molecule has 2 N–H and O–H groups in total. The highest BCUT2D eigenvalue weighted by molar-refractivity contribution is 7.80. The lowest BCUT2D eigenvalue weighted by molar-refractivity contribution is -0.120. The van der Waals surface area contributed by atoms with E-state index in [1.807, 2.05) is 30.9 Å². The third-order valence-corrected chi connectivity index (χ3v) is 4.53. The Bertz CT molecular complexity index is 637. The maximum absolute atomic E-state index is 12.8. The zero-order valence-electron chi connectivity index (χ0n) is 15.2. The van der Waals surface area contributed by atoms with Gasteiger partial charge in [-0.2, -0.15) is 0 Å². The summed E-state index contributed by atoms with van der Waals surface area (Å²) in [6.45, 7) is 7.73. The third kappa shape index (κ3) is 5.81. The van der Waals surface area contributed by atoms with Gasteiger partial charge < -0.3 is 15.5 Å². The summed E-state index contributed by atoms with van der Waals surface area (Å²) < 4.78 is 0. The molecule has 5 nitrogen and oxygen atoms in total. The van der Waals surface area contributed by atoms with Gasteiger partial charge in [0, 0.05) is 19.5 Å². The first-order chi connectivity index (χ1) is 11.9. The highest BCUT2D eigenvalue weighted by Gasteiger charge is 2.23. The Balaban J connectivity index is 2.03. The normalized spacial score (nSPS) is 15.1. The number of nitrogens with one attached hydrogen (secondary N) is 2. The van der Waals surface area contributed by atoms with Gasteiger partial charge in [-0.3, -0.25) is 9.59 Å². The second kappa shape index (κ2) is 8.94. The number of nitrogens with zero attached hydrogens (tertiary/aromatic N) is 1. The molecule has 0 unspecified atom stereocenters. The molecule has 0 aromatic heterocycles. The highest BCUT2D eigenvalue weighted by atomic mass is 32.1. The van der Waals surface area contributed by atoms with Crippen molar-refractivity contribution < 1.29 is 9.59 Å². The lowest BCUT2D eigenvalue weighted by atomic mass is 9.98. The van der Waals surface area contributed by atoms with Crippen molar-refractivity contribution in [2.75, 3.05) is 18.4 Å². The molecule has 6 heteroatoms. The molecule has 1 saturated heterocycles. The maximum Gasteiger partial charge on any atom is 0.255 e. The van der Waals surface area contributed by atoms with Crippen LogP contribution in [-0.2, 0) is 4.79 Å². The van der Waals surface area contributed by atoms with Crippen molar-refractivity contribution in [1.82, 2.24) is 10.2 Å². The van der Waals surface area contributed by atoms with Gasteiger partial charge in [0.1, 0.15) is 0 Å². The Morgan fingerprint density at radius 2 is 1.88 bits per heavy atom. The SMILES string of the molecule is CC(C)CC(=O)NC(=S)Nc1ccccc1C(=O)N1CCC(C)CC1. The molecule has 25 heavy (non-hydrogen) atoms. The van der Waals surface area contributed by atoms with E-state index in [9.17, 15) is 9.59 Å². The van der Waals surface area contributed by atoms with Crippen LogP contribution in [0.4, 0.5) is 5.69 Å². The first-order valence-corrected chi connectivity index (χ1v) is 9.26. The number of hydrogen-bond acceptors (Lipinski definition) is 3. The minimum Gasteiger partial charge on any atom is -0.339 e. The molecule has 0 spiro atoms. The van der Waals surface area contributed by atoms with Crippen molar-refractivity contribution in [1.29, 1.82) is 0 Å². The fraction of sp³-hybridized carbons (Fsp3) is 0.526. The zero-order valence-corrected chi connectivity index (χ0v) is 16.0. The van der Waals surface area contributed by atoms with E-state index < -0.39 is 0 Å². The monoisotopic (exact) mass is 361 g/mol. The van der Waals surface area contributed by atoms with Gasteiger partial charge in [-0.1, -0.05) is 32.9 Å². The minimum atomic E-state index is -0.124. The first kappa shape index (κ1) is 19.4. The number of anilines is 1. The molecule has 136 valence electrons. The summed E-state index contributed by atoms with van der Waals surface area (Å²) >= 11 is 5.22. The third-order valence-electron chi connectivity index (χ3n) is 4.32. The maximum atomic E-state index is 12.8. The van der Waals surface area contributed by atoms with Crippen LogP contribution in [0, 0.1) is 11.8 Å². The molecule has 0 bridgehead atoms. The molecule has 1 aromatic carbocycles. The summed E-state index contributed by atoms with van der Waals surface area (Å²) in [5.74, 6) is 0.812. The number of amides is 2. The average molecular weight is 362 g/mol. The first-order valence-electron chi connectivity index (χ1n) is 8.86. The lowest BCUT2D eigenvalue weighted by Crippen LogP contribution is -2.39. The van der Waals surface area contributed by atoms with E-state index in [0.29, 0.717) is 23.6 Å². The lowest BCUT2D eigenvalue weighted by Gasteiger charge is -2.31. The van der Waals surface area contributed by atoms with Crippen LogP contribution in [0.3, 0.4) is 0 Å². The van der Waals surface area contributed by atoms with Gasteiger partial charge in [0.2, 0.25) is 5.91 Å². The smallest absolute Gasteiger partial charge is 0.255 e. The predicted molar refractivity (Wildman–Crippen MR) is 105 cm³/mol. The Hall–Kier alpha value is -1.95. The fourth-order valence-corrected chi connectivity index (χ4v) is 3.09. The molecule has 2 amide bonds. The number of carbonyl (C=O) groups is 2. The topological polar surface area (TPSA) is 61.4 Å². The second-order valence-corrected chi connectivity index (χ2v) is 7.53. The van der Waals surface area contributed by atoms with E-state index in [0.717, 1.165) is 25.9 Å². The quantitative estimate of drug-likeness (QED) is 0.807. The van der Waals surface area contributed by atoms with Crippen LogP contribution in [0.15, 0.2) is 24.3 Å². The van der Waals surface area contributed by atoms with E-state index >= 15 is 0 Å². The van der Waals surface area contributed by atoms with Crippen molar-refractivity contribution in [3.63, 3.8) is 0 Å². The Kier molecular flexibility index (Phi) is 6.93. The molecule has 0 saturated carbocycles.